The molecule has 18 heavy (non-hydrogen) atoms. The lowest BCUT2D eigenvalue weighted by atomic mass is 10.1. The van der Waals surface area contributed by atoms with E-state index in [4.69, 9.17) is 4.74 Å². The van der Waals surface area contributed by atoms with Crippen molar-refractivity contribution in [3.63, 3.8) is 0 Å². The first-order chi connectivity index (χ1) is 8.88. The fraction of sp³-hybridized carbons (Fsp3) is 0.692. The van der Waals surface area contributed by atoms with E-state index in [0.717, 1.165) is 37.8 Å². The van der Waals surface area contributed by atoms with E-state index in [0.29, 0.717) is 12.5 Å². The number of nitrogens with zero attached hydrogens (tertiary/aromatic N) is 2. The Labute approximate surface area is 108 Å². The van der Waals surface area contributed by atoms with Crippen molar-refractivity contribution in [1.29, 1.82) is 0 Å². The predicted octanol–water partition coefficient (Wildman–Crippen LogP) is 1.68. The van der Waals surface area contributed by atoms with Gasteiger partial charge < -0.3 is 15.4 Å². The first kappa shape index (κ1) is 13.1. The highest BCUT2D eigenvalue weighted by atomic mass is 16.5. The summed E-state index contributed by atoms with van der Waals surface area (Å²) in [6.07, 6.45) is 6.84. The maximum Gasteiger partial charge on any atom is 0.234 e. The van der Waals surface area contributed by atoms with E-state index in [-0.39, 0.29) is 0 Å². The van der Waals surface area contributed by atoms with Gasteiger partial charge in [0.25, 0.3) is 0 Å². The van der Waals surface area contributed by atoms with Crippen LogP contribution < -0.4 is 15.4 Å². The molecule has 1 saturated heterocycles. The monoisotopic (exact) mass is 250 g/mol. The highest BCUT2D eigenvalue weighted by molar-refractivity contribution is 5.33. The summed E-state index contributed by atoms with van der Waals surface area (Å²) in [7, 11) is 0. The minimum Gasteiger partial charge on any atom is -0.477 e. The van der Waals surface area contributed by atoms with Crippen molar-refractivity contribution in [2.24, 2.45) is 5.92 Å². The molecule has 0 aliphatic carbocycles. The molecule has 5 nitrogen and oxygen atoms in total. The maximum atomic E-state index is 5.45. The Morgan fingerprint density at radius 3 is 3.22 bits per heavy atom. The molecular weight excluding hydrogens is 228 g/mol. The van der Waals surface area contributed by atoms with E-state index in [1.165, 1.54) is 12.8 Å². The molecule has 5 heteroatoms. The molecule has 0 spiro atoms. The molecule has 0 saturated carbocycles. The summed E-state index contributed by atoms with van der Waals surface area (Å²) in [5.41, 5.74) is 0. The largest absolute Gasteiger partial charge is 0.477 e. The second-order valence-electron chi connectivity index (χ2n) is 4.67. The number of nitrogens with one attached hydrogen (secondary N) is 2. The molecule has 1 aromatic rings. The van der Waals surface area contributed by atoms with Crippen LogP contribution in [0.5, 0.6) is 5.88 Å². The Morgan fingerprint density at radius 1 is 1.50 bits per heavy atom. The Bertz CT molecular complexity index is 353. The Balaban J connectivity index is 1.74. The molecule has 0 bridgehead atoms. The van der Waals surface area contributed by atoms with Gasteiger partial charge in [0.15, 0.2) is 0 Å². The van der Waals surface area contributed by atoms with Gasteiger partial charge in [-0.25, -0.2) is 0 Å². The van der Waals surface area contributed by atoms with Crippen LogP contribution in [0.3, 0.4) is 0 Å². The zero-order valence-corrected chi connectivity index (χ0v) is 11.0. The molecule has 1 aliphatic heterocycles. The number of hydrogen-bond donors (Lipinski definition) is 2. The van der Waals surface area contributed by atoms with Crippen LogP contribution in [-0.2, 0) is 0 Å². The van der Waals surface area contributed by atoms with Crippen molar-refractivity contribution < 1.29 is 4.74 Å². The SMILES string of the molecule is CCCOc1cncc(NCCC2CCNC2)n1. The van der Waals surface area contributed by atoms with Gasteiger partial charge in [-0.1, -0.05) is 6.92 Å². The molecule has 100 valence electrons. The molecule has 2 N–H and O–H groups in total. The van der Waals surface area contributed by atoms with Crippen molar-refractivity contribution in [2.45, 2.75) is 26.2 Å². The third kappa shape index (κ3) is 4.14. The van der Waals surface area contributed by atoms with Crippen molar-refractivity contribution in [1.82, 2.24) is 15.3 Å². The molecule has 1 aromatic heterocycles. The third-order valence-corrected chi connectivity index (χ3v) is 3.09. The van der Waals surface area contributed by atoms with Gasteiger partial charge in [0.05, 0.1) is 19.0 Å². The Kier molecular flexibility index (Phi) is 5.20. The van der Waals surface area contributed by atoms with Gasteiger partial charge in [0.2, 0.25) is 5.88 Å². The standard InChI is InChI=1S/C13H22N4O/c1-2-7-18-13-10-15-9-12(17-13)16-6-4-11-3-5-14-8-11/h9-11,14H,2-8H2,1H3,(H,16,17). The second kappa shape index (κ2) is 7.16. The zero-order chi connectivity index (χ0) is 12.6. The predicted molar refractivity (Wildman–Crippen MR) is 71.9 cm³/mol. The number of hydrogen-bond acceptors (Lipinski definition) is 5. The van der Waals surface area contributed by atoms with Crippen LogP contribution in [0, 0.1) is 5.92 Å². The summed E-state index contributed by atoms with van der Waals surface area (Å²) >= 11 is 0. The topological polar surface area (TPSA) is 59.1 Å². The zero-order valence-electron chi connectivity index (χ0n) is 11.0. The fourth-order valence-corrected chi connectivity index (χ4v) is 2.07. The first-order valence-corrected chi connectivity index (χ1v) is 6.78. The lowest BCUT2D eigenvalue weighted by Gasteiger charge is -2.10. The lowest BCUT2D eigenvalue weighted by molar-refractivity contribution is 0.304. The van der Waals surface area contributed by atoms with Crippen LogP contribution in [0.4, 0.5) is 5.82 Å². The molecule has 2 rings (SSSR count). The highest BCUT2D eigenvalue weighted by Gasteiger charge is 2.13. The van der Waals surface area contributed by atoms with Gasteiger partial charge in [-0.05, 0) is 38.3 Å². The minimum atomic E-state index is 0.601. The number of rotatable bonds is 7. The van der Waals surface area contributed by atoms with E-state index in [1.807, 2.05) is 0 Å². The molecule has 0 aromatic carbocycles. The molecule has 1 atom stereocenters. The quantitative estimate of drug-likeness (QED) is 0.771. The summed E-state index contributed by atoms with van der Waals surface area (Å²) in [5, 5.41) is 6.68. The lowest BCUT2D eigenvalue weighted by Crippen LogP contribution is -2.13. The Hall–Kier alpha value is -1.36. The van der Waals surface area contributed by atoms with E-state index >= 15 is 0 Å². The van der Waals surface area contributed by atoms with Crippen molar-refractivity contribution >= 4 is 5.82 Å². The summed E-state index contributed by atoms with van der Waals surface area (Å²) in [4.78, 5) is 8.49. The number of ether oxygens (including phenoxy) is 1. The van der Waals surface area contributed by atoms with Gasteiger partial charge in [-0.2, -0.15) is 4.98 Å². The number of anilines is 1. The summed E-state index contributed by atoms with van der Waals surface area (Å²) < 4.78 is 5.45. The van der Waals surface area contributed by atoms with Gasteiger partial charge >= 0.3 is 0 Å². The first-order valence-electron chi connectivity index (χ1n) is 6.78. The molecule has 1 aliphatic rings. The van der Waals surface area contributed by atoms with E-state index in [2.05, 4.69) is 27.5 Å². The molecule has 0 radical (unpaired) electrons. The third-order valence-electron chi connectivity index (χ3n) is 3.09. The van der Waals surface area contributed by atoms with Gasteiger partial charge in [-0.15, -0.1) is 0 Å². The second-order valence-corrected chi connectivity index (χ2v) is 4.67. The van der Waals surface area contributed by atoms with Crippen LogP contribution >= 0.6 is 0 Å². The van der Waals surface area contributed by atoms with Gasteiger partial charge in [0.1, 0.15) is 5.82 Å². The van der Waals surface area contributed by atoms with Gasteiger partial charge in [0, 0.05) is 6.54 Å². The van der Waals surface area contributed by atoms with Crippen molar-refractivity contribution in [3.05, 3.63) is 12.4 Å². The minimum absolute atomic E-state index is 0.601. The summed E-state index contributed by atoms with van der Waals surface area (Å²) in [6.45, 7) is 6.01. The van der Waals surface area contributed by atoms with Crippen LogP contribution in [0.2, 0.25) is 0 Å². The van der Waals surface area contributed by atoms with Crippen LogP contribution in [0.1, 0.15) is 26.2 Å². The van der Waals surface area contributed by atoms with Crippen molar-refractivity contribution in [3.8, 4) is 5.88 Å². The van der Waals surface area contributed by atoms with E-state index in [9.17, 15) is 0 Å². The van der Waals surface area contributed by atoms with Crippen LogP contribution in [0.15, 0.2) is 12.4 Å². The van der Waals surface area contributed by atoms with Crippen LogP contribution in [0.25, 0.3) is 0 Å². The molecule has 2 heterocycles. The maximum absolute atomic E-state index is 5.45. The van der Waals surface area contributed by atoms with Gasteiger partial charge in [-0.3, -0.25) is 4.98 Å². The summed E-state index contributed by atoms with van der Waals surface area (Å²) in [6, 6.07) is 0. The molecule has 1 fully saturated rings. The summed E-state index contributed by atoms with van der Waals surface area (Å²) in [5.74, 6) is 2.20. The van der Waals surface area contributed by atoms with E-state index < -0.39 is 0 Å². The normalized spacial score (nSPS) is 18.8. The average molecular weight is 250 g/mol. The van der Waals surface area contributed by atoms with E-state index in [1.54, 1.807) is 12.4 Å². The Morgan fingerprint density at radius 2 is 2.44 bits per heavy atom. The number of aromatic nitrogens is 2. The smallest absolute Gasteiger partial charge is 0.234 e. The van der Waals surface area contributed by atoms with Crippen LogP contribution in [-0.4, -0.2) is 36.2 Å². The van der Waals surface area contributed by atoms with Crippen molar-refractivity contribution in [2.75, 3.05) is 31.6 Å². The highest BCUT2D eigenvalue weighted by Crippen LogP contribution is 2.13. The fourth-order valence-electron chi connectivity index (χ4n) is 2.07. The molecular formula is C13H22N4O. The molecule has 0 amide bonds. The average Bonchev–Trinajstić information content (AvgIpc) is 2.90. The molecule has 1 unspecified atom stereocenters.